The molecule has 0 aromatic carbocycles. The van der Waals surface area contributed by atoms with Gasteiger partial charge in [-0.05, 0) is 72.8 Å². The predicted octanol–water partition coefficient (Wildman–Crippen LogP) is 5.71. The molecule has 6 aromatic heterocycles. The summed E-state index contributed by atoms with van der Waals surface area (Å²) >= 11 is 0. The number of amides is 1. The van der Waals surface area contributed by atoms with E-state index >= 15 is 0 Å². The van der Waals surface area contributed by atoms with E-state index in [9.17, 15) is 9.59 Å². The smallest absolute Gasteiger partial charge is 0.337 e. The van der Waals surface area contributed by atoms with E-state index in [1.54, 1.807) is 60.3 Å². The first-order valence-corrected chi connectivity index (χ1v) is 14.7. The van der Waals surface area contributed by atoms with Gasteiger partial charge >= 0.3 is 5.97 Å². The van der Waals surface area contributed by atoms with Gasteiger partial charge in [0, 0.05) is 83.7 Å². The van der Waals surface area contributed by atoms with Crippen LogP contribution >= 0.6 is 0 Å². The van der Waals surface area contributed by atoms with Crippen LogP contribution in [0.2, 0.25) is 0 Å². The molecule has 0 aliphatic rings. The van der Waals surface area contributed by atoms with E-state index in [0.29, 0.717) is 18.7 Å². The summed E-state index contributed by atoms with van der Waals surface area (Å²) in [6.07, 6.45) is 13.1. The summed E-state index contributed by atoms with van der Waals surface area (Å²) in [7, 11) is 0. The zero-order valence-corrected chi connectivity index (χ0v) is 29.9. The molecule has 250 valence electrons. The van der Waals surface area contributed by atoms with Gasteiger partial charge in [-0.2, -0.15) is 0 Å². The molecule has 0 spiro atoms. The van der Waals surface area contributed by atoms with Crippen molar-refractivity contribution in [3.63, 3.8) is 0 Å². The molecule has 0 saturated heterocycles. The van der Waals surface area contributed by atoms with Gasteiger partial charge in [0.05, 0.1) is 47.0 Å². The van der Waals surface area contributed by atoms with Gasteiger partial charge in [-0.15, -0.1) is 0 Å². The van der Waals surface area contributed by atoms with Gasteiger partial charge in [-0.1, -0.05) is 24.3 Å². The van der Waals surface area contributed by atoms with E-state index in [0.717, 1.165) is 35.9 Å². The van der Waals surface area contributed by atoms with Crippen molar-refractivity contribution < 1.29 is 35.8 Å². The number of aromatic carboxylic acids is 1. The molecule has 0 aliphatic heterocycles. The van der Waals surface area contributed by atoms with Crippen LogP contribution in [0.5, 0.6) is 0 Å². The summed E-state index contributed by atoms with van der Waals surface area (Å²) in [5.41, 5.74) is 4.54. The Morgan fingerprint density at radius 1 is 0.551 bits per heavy atom. The molecule has 0 atom stereocenters. The van der Waals surface area contributed by atoms with Gasteiger partial charge in [0.2, 0.25) is 0 Å². The third-order valence-corrected chi connectivity index (χ3v) is 6.33. The van der Waals surface area contributed by atoms with Crippen LogP contribution in [0.15, 0.2) is 147 Å². The number of carbonyl (C=O) groups is 2. The number of aromatic nitrogens is 6. The van der Waals surface area contributed by atoms with E-state index in [1.807, 2.05) is 72.8 Å². The van der Waals surface area contributed by atoms with Gasteiger partial charge in [-0.3, -0.25) is 34.7 Å². The van der Waals surface area contributed by atoms with Crippen molar-refractivity contribution >= 4 is 11.9 Å². The number of carboxylic acid groups (broad SMARTS) is 1. The largest absolute Gasteiger partial charge is 0.478 e. The fraction of sp³-hybridized carbons (Fsp3) is 0.108. The maximum absolute atomic E-state index is 12.8. The molecular formula is C37H37N8O3W-. The molecule has 6 rings (SSSR count). The van der Waals surface area contributed by atoms with Crippen molar-refractivity contribution in [2.45, 2.75) is 26.2 Å². The normalized spacial score (nSPS) is 9.55. The molecule has 0 aliphatic carbocycles. The molecule has 1 amide bonds. The summed E-state index contributed by atoms with van der Waals surface area (Å²) in [5, 5.41) is 11.6. The molecule has 0 saturated carbocycles. The zero-order valence-electron chi connectivity index (χ0n) is 27.0. The molecule has 6 heterocycles. The van der Waals surface area contributed by atoms with Crippen LogP contribution in [0.25, 0.3) is 0 Å². The zero-order chi connectivity index (χ0) is 32.9. The first-order valence-electron chi connectivity index (χ1n) is 14.7. The number of nitrogens with one attached hydrogen (secondary N) is 1. The molecule has 0 fully saturated rings. The number of rotatable bonds is 10. The van der Waals surface area contributed by atoms with Crippen molar-refractivity contribution in [2.75, 3.05) is 0 Å². The van der Waals surface area contributed by atoms with Crippen molar-refractivity contribution in [1.29, 1.82) is 0 Å². The van der Waals surface area contributed by atoms with E-state index in [2.05, 4.69) is 35.2 Å². The maximum Gasteiger partial charge on any atom is 0.337 e. The molecule has 49 heavy (non-hydrogen) atoms. The van der Waals surface area contributed by atoms with Crippen LogP contribution in [-0.4, -0.2) is 51.8 Å². The van der Waals surface area contributed by atoms with Crippen LogP contribution in [0.4, 0.5) is 0 Å². The van der Waals surface area contributed by atoms with Crippen LogP contribution in [0.3, 0.4) is 0 Å². The second kappa shape index (κ2) is 22.9. The van der Waals surface area contributed by atoms with Crippen LogP contribution in [-0.2, 0) is 47.2 Å². The summed E-state index contributed by atoms with van der Waals surface area (Å²) in [6.45, 7) is 2.39. The Bertz CT molecular complexity index is 1660. The molecule has 6 aromatic rings. The molecule has 0 radical (unpaired) electrons. The number of nitrogens with zero attached hydrogens (tertiary/aromatic N) is 7. The summed E-state index contributed by atoms with van der Waals surface area (Å²) < 4.78 is 0. The Labute approximate surface area is 300 Å². The molecule has 2 N–H and O–H groups in total. The Morgan fingerprint density at radius 2 is 0.959 bits per heavy atom. The first kappa shape index (κ1) is 39.7. The minimum atomic E-state index is -0.942. The minimum Gasteiger partial charge on any atom is -0.478 e. The number of carboxylic acids is 1. The standard InChI is InChI=1S/C18H16N4O.C12H13N3.C6H5NO2.CH3.W/c23-18(15-6-5-9-19-12-15)22(13-16-7-1-3-10-20-16)14-17-8-2-4-11-21-17;1-3-7-14-11(5-1)9-13-10-12-6-2-4-8-15-12;8-6(9)5-2-1-3-7-4-5;;/h1-12H,13-14H2;1-8,13H,9-10H2;1-4H,(H,8,9);1H3;/q;;;-1;. The van der Waals surface area contributed by atoms with E-state index < -0.39 is 5.97 Å². The van der Waals surface area contributed by atoms with E-state index in [4.69, 9.17) is 5.11 Å². The second-order valence-corrected chi connectivity index (χ2v) is 9.84. The Kier molecular flexibility index (Phi) is 18.6. The summed E-state index contributed by atoms with van der Waals surface area (Å²) in [6, 6.07) is 29.8. The van der Waals surface area contributed by atoms with Gasteiger partial charge < -0.3 is 22.7 Å². The van der Waals surface area contributed by atoms with Gasteiger partial charge in [-0.25, -0.2) is 4.79 Å². The summed E-state index contributed by atoms with van der Waals surface area (Å²) in [5.74, 6) is -1.03. The number of carbonyl (C=O) groups excluding carboxylic acids is 1. The van der Waals surface area contributed by atoms with Crippen molar-refractivity contribution in [3.05, 3.63) is 188 Å². The van der Waals surface area contributed by atoms with E-state index in [-0.39, 0.29) is 40.0 Å². The van der Waals surface area contributed by atoms with Crippen molar-refractivity contribution in [2.24, 2.45) is 0 Å². The average molecular weight is 826 g/mol. The third kappa shape index (κ3) is 14.8. The Morgan fingerprint density at radius 3 is 1.29 bits per heavy atom. The van der Waals surface area contributed by atoms with Crippen molar-refractivity contribution in [1.82, 2.24) is 40.1 Å². The maximum atomic E-state index is 12.8. The average Bonchev–Trinajstić information content (AvgIpc) is 3.14. The van der Waals surface area contributed by atoms with Gasteiger partial charge in [0.15, 0.2) is 0 Å². The molecule has 0 bridgehead atoms. The minimum absolute atomic E-state index is 0. The first-order chi connectivity index (χ1) is 23.1. The fourth-order valence-electron chi connectivity index (χ4n) is 4.06. The number of hydrogen-bond donors (Lipinski definition) is 2. The van der Waals surface area contributed by atoms with Crippen molar-refractivity contribution in [3.8, 4) is 0 Å². The monoisotopic (exact) mass is 825 g/mol. The number of hydrogen-bond acceptors (Lipinski definition) is 9. The molecular weight excluding hydrogens is 788 g/mol. The number of pyridine rings is 6. The molecule has 0 unspecified atom stereocenters. The fourth-order valence-corrected chi connectivity index (χ4v) is 4.06. The second-order valence-electron chi connectivity index (χ2n) is 9.84. The van der Waals surface area contributed by atoms with Gasteiger partial charge in [0.1, 0.15) is 0 Å². The predicted molar refractivity (Wildman–Crippen MR) is 183 cm³/mol. The molecule has 12 heteroatoms. The van der Waals surface area contributed by atoms with Gasteiger partial charge in [0.25, 0.3) is 5.91 Å². The topological polar surface area (TPSA) is 147 Å². The van der Waals surface area contributed by atoms with Crippen LogP contribution < -0.4 is 5.32 Å². The van der Waals surface area contributed by atoms with Crippen LogP contribution in [0, 0.1) is 7.43 Å². The van der Waals surface area contributed by atoms with E-state index in [1.165, 1.54) is 18.5 Å². The quantitative estimate of drug-likeness (QED) is 0.165. The molecule has 11 nitrogen and oxygen atoms in total. The summed E-state index contributed by atoms with van der Waals surface area (Å²) in [4.78, 5) is 49.4. The van der Waals surface area contributed by atoms with Crippen LogP contribution in [0.1, 0.15) is 43.5 Å². The SMILES string of the molecule is O=C(O)c1cccnc1.O=C(c1cccnc1)N(Cc1ccccn1)Cc1ccccn1.[CH3-].[W].c1ccc(CNCc2ccccn2)nc1. The Balaban J connectivity index is 0.000000276. The third-order valence-electron chi connectivity index (χ3n) is 6.33. The Hall–Kier alpha value is -5.51.